The molecule has 0 bridgehead atoms. The number of benzene rings is 1. The van der Waals surface area contributed by atoms with Crippen molar-refractivity contribution in [1.82, 2.24) is 19.1 Å². The first-order valence-corrected chi connectivity index (χ1v) is 8.87. The molecular formula is C18H22N6O4. The van der Waals surface area contributed by atoms with E-state index in [-0.39, 0.29) is 30.3 Å². The van der Waals surface area contributed by atoms with Gasteiger partial charge < -0.3 is 14.4 Å². The molecule has 2 aromatic heterocycles. The van der Waals surface area contributed by atoms with Gasteiger partial charge in [0.05, 0.1) is 19.4 Å². The molecule has 0 aliphatic heterocycles. The summed E-state index contributed by atoms with van der Waals surface area (Å²) >= 11 is 0. The molecule has 0 atom stereocenters. The number of H-pyrrole nitrogens is 1. The molecule has 10 heteroatoms. The van der Waals surface area contributed by atoms with Crippen LogP contribution in [0.4, 0.5) is 5.95 Å². The quantitative estimate of drug-likeness (QED) is 0.385. The van der Waals surface area contributed by atoms with Gasteiger partial charge in [-0.25, -0.2) is 10.2 Å². The van der Waals surface area contributed by atoms with Gasteiger partial charge in [-0.1, -0.05) is 6.92 Å². The number of aromatic nitrogens is 4. The number of ether oxygens (including phenoxy) is 1. The number of aliphatic hydroxyl groups excluding tert-OH is 1. The van der Waals surface area contributed by atoms with E-state index < -0.39 is 11.2 Å². The van der Waals surface area contributed by atoms with Gasteiger partial charge >= 0.3 is 5.69 Å². The number of anilines is 1. The Bertz CT molecular complexity index is 1090. The van der Waals surface area contributed by atoms with Crippen LogP contribution in [-0.4, -0.2) is 43.6 Å². The Kier molecular flexibility index (Phi) is 5.90. The lowest BCUT2D eigenvalue weighted by atomic mass is 10.2. The molecule has 0 saturated heterocycles. The van der Waals surface area contributed by atoms with Crippen LogP contribution >= 0.6 is 0 Å². The van der Waals surface area contributed by atoms with Crippen LogP contribution in [0.15, 0.2) is 39.0 Å². The fourth-order valence-corrected chi connectivity index (χ4v) is 2.67. The summed E-state index contributed by atoms with van der Waals surface area (Å²) in [5.41, 5.74) is 2.87. The zero-order valence-electron chi connectivity index (χ0n) is 15.7. The standard InChI is InChI=1S/C18H22N6O4/c1-3-10-28-13-6-4-12(5-7-13)11-19-22-17-20-15-14(24(17)8-9-25)16(26)21-18(27)23(15)2/h4-7,11,25H,3,8-10H2,1-2H3,(H,20,22)(H,21,26,27)/b19-11-. The Morgan fingerprint density at radius 2 is 2.07 bits per heavy atom. The second-order valence-electron chi connectivity index (χ2n) is 6.09. The summed E-state index contributed by atoms with van der Waals surface area (Å²) in [6.45, 7) is 2.63. The Balaban J connectivity index is 1.85. The van der Waals surface area contributed by atoms with E-state index >= 15 is 0 Å². The number of aryl methyl sites for hydroxylation is 1. The first-order valence-electron chi connectivity index (χ1n) is 8.87. The number of hydrogen-bond acceptors (Lipinski definition) is 7. The number of fused-ring (bicyclic) bond motifs is 1. The average Bonchev–Trinajstić information content (AvgIpc) is 3.05. The minimum Gasteiger partial charge on any atom is -0.494 e. The van der Waals surface area contributed by atoms with Crippen LogP contribution in [0.2, 0.25) is 0 Å². The molecule has 148 valence electrons. The van der Waals surface area contributed by atoms with Crippen molar-refractivity contribution >= 4 is 23.3 Å². The predicted molar refractivity (Wildman–Crippen MR) is 106 cm³/mol. The molecule has 0 aliphatic rings. The van der Waals surface area contributed by atoms with Crippen molar-refractivity contribution in [2.24, 2.45) is 12.1 Å². The highest BCUT2D eigenvalue weighted by Crippen LogP contribution is 2.15. The minimum absolute atomic E-state index is 0.124. The van der Waals surface area contributed by atoms with Crippen molar-refractivity contribution in [2.45, 2.75) is 19.9 Å². The minimum atomic E-state index is -0.571. The lowest BCUT2D eigenvalue weighted by Gasteiger charge is -2.06. The van der Waals surface area contributed by atoms with Gasteiger partial charge in [-0.2, -0.15) is 10.1 Å². The summed E-state index contributed by atoms with van der Waals surface area (Å²) in [6, 6.07) is 7.43. The molecule has 3 aromatic rings. The topological polar surface area (TPSA) is 127 Å². The van der Waals surface area contributed by atoms with E-state index in [2.05, 4.69) is 20.5 Å². The maximum absolute atomic E-state index is 12.2. The molecule has 10 nitrogen and oxygen atoms in total. The summed E-state index contributed by atoms with van der Waals surface area (Å²) in [5.74, 6) is 1.03. The van der Waals surface area contributed by atoms with Gasteiger partial charge in [0.2, 0.25) is 5.95 Å². The molecule has 2 heterocycles. The predicted octanol–water partition coefficient (Wildman–Crippen LogP) is 0.650. The first kappa shape index (κ1) is 19.4. The molecule has 0 radical (unpaired) electrons. The van der Waals surface area contributed by atoms with Crippen LogP contribution in [0.1, 0.15) is 18.9 Å². The number of hydrogen-bond donors (Lipinski definition) is 3. The SMILES string of the molecule is CCCOc1ccc(/C=N\Nc2nc3c(c(=O)[nH]c(=O)n3C)n2CCO)cc1. The summed E-state index contributed by atoms with van der Waals surface area (Å²) < 4.78 is 8.24. The average molecular weight is 386 g/mol. The second-order valence-corrected chi connectivity index (χ2v) is 6.09. The van der Waals surface area contributed by atoms with Crippen LogP contribution < -0.4 is 21.4 Å². The molecule has 0 unspecified atom stereocenters. The van der Waals surface area contributed by atoms with Crippen LogP contribution in [0.3, 0.4) is 0 Å². The highest BCUT2D eigenvalue weighted by molar-refractivity contribution is 5.80. The van der Waals surface area contributed by atoms with Gasteiger partial charge in [-0.3, -0.25) is 14.3 Å². The van der Waals surface area contributed by atoms with Gasteiger partial charge in [0, 0.05) is 13.6 Å². The van der Waals surface area contributed by atoms with Crippen molar-refractivity contribution in [2.75, 3.05) is 18.6 Å². The maximum Gasteiger partial charge on any atom is 0.329 e. The van der Waals surface area contributed by atoms with Crippen molar-refractivity contribution in [3.8, 4) is 5.75 Å². The molecule has 3 N–H and O–H groups in total. The van der Waals surface area contributed by atoms with Crippen molar-refractivity contribution in [3.05, 3.63) is 50.7 Å². The molecule has 0 amide bonds. The maximum atomic E-state index is 12.2. The van der Waals surface area contributed by atoms with Crippen LogP contribution in [-0.2, 0) is 13.6 Å². The summed E-state index contributed by atoms with van der Waals surface area (Å²) in [5, 5.41) is 13.5. The van der Waals surface area contributed by atoms with E-state index in [1.165, 1.54) is 16.2 Å². The third-order valence-corrected chi connectivity index (χ3v) is 4.06. The van der Waals surface area contributed by atoms with Crippen LogP contribution in [0, 0.1) is 0 Å². The van der Waals surface area contributed by atoms with Crippen LogP contribution in [0.5, 0.6) is 5.75 Å². The Morgan fingerprint density at radius 1 is 1.32 bits per heavy atom. The monoisotopic (exact) mass is 386 g/mol. The Morgan fingerprint density at radius 3 is 2.75 bits per heavy atom. The molecule has 0 fully saturated rings. The zero-order valence-corrected chi connectivity index (χ0v) is 15.7. The summed E-state index contributed by atoms with van der Waals surface area (Å²) in [4.78, 5) is 30.5. The number of imidazole rings is 1. The Hall–Kier alpha value is -3.40. The number of aromatic amines is 1. The zero-order chi connectivity index (χ0) is 20.1. The number of nitrogens with zero attached hydrogens (tertiary/aromatic N) is 4. The number of aliphatic hydroxyl groups is 1. The largest absolute Gasteiger partial charge is 0.494 e. The summed E-state index contributed by atoms with van der Waals surface area (Å²) in [7, 11) is 1.51. The second kappa shape index (κ2) is 8.53. The fourth-order valence-electron chi connectivity index (χ4n) is 2.67. The molecule has 0 aliphatic carbocycles. The number of rotatable bonds is 8. The molecule has 0 spiro atoms. The highest BCUT2D eigenvalue weighted by atomic mass is 16.5. The molecule has 0 saturated carbocycles. The first-order chi connectivity index (χ1) is 13.5. The fraction of sp³-hybridized carbons (Fsp3) is 0.333. The molecule has 1 aromatic carbocycles. The van der Waals surface area contributed by atoms with E-state index in [1.54, 1.807) is 6.21 Å². The normalized spacial score (nSPS) is 11.4. The number of hydrazone groups is 1. The third kappa shape index (κ3) is 3.96. The van der Waals surface area contributed by atoms with E-state index in [0.717, 1.165) is 17.7 Å². The van der Waals surface area contributed by atoms with E-state index in [4.69, 9.17) is 4.74 Å². The van der Waals surface area contributed by atoms with E-state index in [9.17, 15) is 14.7 Å². The van der Waals surface area contributed by atoms with Gasteiger partial charge in [0.15, 0.2) is 11.2 Å². The third-order valence-electron chi connectivity index (χ3n) is 4.06. The summed E-state index contributed by atoms with van der Waals surface area (Å²) in [6.07, 6.45) is 2.53. The van der Waals surface area contributed by atoms with Gasteiger partial charge in [0.25, 0.3) is 5.56 Å². The Labute approximate surface area is 160 Å². The molecule has 28 heavy (non-hydrogen) atoms. The van der Waals surface area contributed by atoms with Gasteiger partial charge in [-0.05, 0) is 36.2 Å². The van der Waals surface area contributed by atoms with Crippen molar-refractivity contribution in [1.29, 1.82) is 0 Å². The van der Waals surface area contributed by atoms with Gasteiger partial charge in [0.1, 0.15) is 5.75 Å². The van der Waals surface area contributed by atoms with E-state index in [0.29, 0.717) is 6.61 Å². The molecular weight excluding hydrogens is 364 g/mol. The lowest BCUT2D eigenvalue weighted by Crippen LogP contribution is -2.29. The highest BCUT2D eigenvalue weighted by Gasteiger charge is 2.16. The van der Waals surface area contributed by atoms with Gasteiger partial charge in [-0.15, -0.1) is 0 Å². The number of nitrogens with one attached hydrogen (secondary N) is 2. The molecule has 3 rings (SSSR count). The van der Waals surface area contributed by atoms with Crippen LogP contribution in [0.25, 0.3) is 11.2 Å². The van der Waals surface area contributed by atoms with Crippen molar-refractivity contribution in [3.63, 3.8) is 0 Å². The lowest BCUT2D eigenvalue weighted by molar-refractivity contribution is 0.278. The smallest absolute Gasteiger partial charge is 0.329 e. The van der Waals surface area contributed by atoms with Crippen molar-refractivity contribution < 1.29 is 9.84 Å². The van der Waals surface area contributed by atoms with E-state index in [1.807, 2.05) is 31.2 Å².